The molecule has 0 bridgehead atoms. The molecule has 34 heavy (non-hydrogen) atoms. The highest BCUT2D eigenvalue weighted by Gasteiger charge is 2.56. The maximum absolute atomic E-state index is 13.4. The van der Waals surface area contributed by atoms with Gasteiger partial charge in [0.05, 0.1) is 24.6 Å². The predicted octanol–water partition coefficient (Wildman–Crippen LogP) is 3.06. The third-order valence-electron chi connectivity index (χ3n) is 7.41. The zero-order chi connectivity index (χ0) is 23.1. The van der Waals surface area contributed by atoms with Gasteiger partial charge in [-0.25, -0.2) is 14.4 Å². The molecule has 1 saturated carbocycles. The van der Waals surface area contributed by atoms with E-state index in [1.165, 1.54) is 12.1 Å². The molecule has 2 unspecified atom stereocenters. The molecule has 7 nitrogen and oxygen atoms in total. The van der Waals surface area contributed by atoms with Crippen LogP contribution in [0.25, 0.3) is 21.3 Å². The summed E-state index contributed by atoms with van der Waals surface area (Å²) in [6.45, 7) is 4.73. The van der Waals surface area contributed by atoms with Gasteiger partial charge in [0.15, 0.2) is 0 Å². The number of hydrogen-bond donors (Lipinski definition) is 2. The van der Waals surface area contributed by atoms with Crippen molar-refractivity contribution in [2.24, 2.45) is 17.8 Å². The Morgan fingerprint density at radius 3 is 2.82 bits per heavy atom. The van der Waals surface area contributed by atoms with E-state index in [9.17, 15) is 9.18 Å². The van der Waals surface area contributed by atoms with Gasteiger partial charge in [0.2, 0.25) is 5.91 Å². The van der Waals surface area contributed by atoms with Gasteiger partial charge >= 0.3 is 0 Å². The third kappa shape index (κ3) is 4.16. The number of nitrogens with one attached hydrogen (secondary N) is 2. The van der Waals surface area contributed by atoms with E-state index in [-0.39, 0.29) is 17.8 Å². The van der Waals surface area contributed by atoms with E-state index in [4.69, 9.17) is 4.74 Å². The van der Waals surface area contributed by atoms with E-state index >= 15 is 0 Å². The number of rotatable bonds is 8. The van der Waals surface area contributed by atoms with Crippen molar-refractivity contribution < 1.29 is 13.9 Å². The Labute approximate surface area is 201 Å². The Morgan fingerprint density at radius 1 is 1.24 bits per heavy atom. The largest absolute Gasteiger partial charge is 0.379 e. The van der Waals surface area contributed by atoms with Gasteiger partial charge in [0.1, 0.15) is 22.8 Å². The van der Waals surface area contributed by atoms with Gasteiger partial charge in [-0.1, -0.05) is 12.1 Å². The van der Waals surface area contributed by atoms with Crippen molar-refractivity contribution in [1.82, 2.24) is 20.6 Å². The quantitative estimate of drug-likeness (QED) is 0.482. The van der Waals surface area contributed by atoms with Crippen LogP contribution in [-0.2, 0) is 9.53 Å². The molecule has 3 fully saturated rings. The first-order valence-corrected chi connectivity index (χ1v) is 12.9. The van der Waals surface area contributed by atoms with Crippen molar-refractivity contribution in [3.63, 3.8) is 0 Å². The van der Waals surface area contributed by atoms with Crippen molar-refractivity contribution in [3.8, 4) is 11.1 Å². The van der Waals surface area contributed by atoms with E-state index in [2.05, 4.69) is 30.9 Å². The van der Waals surface area contributed by atoms with Crippen LogP contribution in [0.1, 0.15) is 12.8 Å². The van der Waals surface area contributed by atoms with Gasteiger partial charge in [0.25, 0.3) is 0 Å². The lowest BCUT2D eigenvalue weighted by atomic mass is 10.1. The van der Waals surface area contributed by atoms with Crippen molar-refractivity contribution in [2.75, 3.05) is 44.3 Å². The van der Waals surface area contributed by atoms with Gasteiger partial charge in [-0.2, -0.15) is 0 Å². The molecular weight excluding hydrogens is 453 g/mol. The first-order valence-electron chi connectivity index (χ1n) is 12.0. The summed E-state index contributed by atoms with van der Waals surface area (Å²) in [6, 6.07) is 6.59. The van der Waals surface area contributed by atoms with E-state index in [0.29, 0.717) is 30.9 Å². The third-order valence-corrected chi connectivity index (χ3v) is 8.30. The Morgan fingerprint density at radius 2 is 2.06 bits per heavy atom. The summed E-state index contributed by atoms with van der Waals surface area (Å²) in [6.07, 6.45) is 3.63. The summed E-state index contributed by atoms with van der Waals surface area (Å²) in [5, 5.41) is 9.32. The predicted molar refractivity (Wildman–Crippen MR) is 130 cm³/mol. The molecule has 6 rings (SSSR count). The molecule has 178 valence electrons. The number of halogens is 1. The standard InChI is InChI=1S/C25H28FN5O2S/c26-16-5-3-15(4-6-16)20-13-34-25-22(20)23(29-14-30-25)31-10-17-18(11-31)19(17)12-33-9-8-28-24(32)21-2-1-7-27-21/h3-6,13-14,17-19,21,27H,1-2,7-12H2,(H,28,32)/t17?,18?,19?,21-/m1/s1. The summed E-state index contributed by atoms with van der Waals surface area (Å²) in [7, 11) is 0. The Balaban J connectivity index is 1.03. The van der Waals surface area contributed by atoms with Gasteiger partial charge in [-0.05, 0) is 54.8 Å². The Bertz CT molecular complexity index is 1170. The molecule has 3 atom stereocenters. The fourth-order valence-corrected chi connectivity index (χ4v) is 6.42. The molecular formula is C25H28FN5O2S. The maximum Gasteiger partial charge on any atom is 0.237 e. The second-order valence-corrected chi connectivity index (χ2v) is 10.3. The topological polar surface area (TPSA) is 79.4 Å². The average Bonchev–Trinajstić information content (AvgIpc) is 3.38. The highest BCUT2D eigenvalue weighted by Crippen LogP contribution is 2.53. The maximum atomic E-state index is 13.4. The normalized spacial score (nSPS) is 25.6. The number of thiophene rings is 1. The average molecular weight is 482 g/mol. The van der Waals surface area contributed by atoms with Crippen molar-refractivity contribution >= 4 is 33.3 Å². The van der Waals surface area contributed by atoms with E-state index in [1.807, 2.05) is 12.1 Å². The van der Waals surface area contributed by atoms with Gasteiger partial charge in [-0.15, -0.1) is 11.3 Å². The lowest BCUT2D eigenvalue weighted by Gasteiger charge is -2.22. The number of fused-ring (bicyclic) bond motifs is 2. The summed E-state index contributed by atoms with van der Waals surface area (Å²) >= 11 is 1.60. The zero-order valence-corrected chi connectivity index (χ0v) is 19.7. The molecule has 0 radical (unpaired) electrons. The van der Waals surface area contributed by atoms with Crippen LogP contribution in [0, 0.1) is 23.6 Å². The van der Waals surface area contributed by atoms with Crippen LogP contribution in [-0.4, -0.2) is 61.3 Å². The SMILES string of the molecule is O=C(NCCOCC1C2CN(c3ncnc4scc(-c5ccc(F)cc5)c34)CC12)[C@H]1CCCN1. The molecule has 1 amide bonds. The van der Waals surface area contributed by atoms with Gasteiger partial charge in [-0.3, -0.25) is 4.79 Å². The molecule has 3 aliphatic rings. The van der Waals surface area contributed by atoms with Crippen LogP contribution < -0.4 is 15.5 Å². The number of hydrogen-bond acceptors (Lipinski definition) is 7. The number of aromatic nitrogens is 2. The number of piperidine rings is 1. The molecule has 2 aromatic heterocycles. The van der Waals surface area contributed by atoms with Crippen LogP contribution in [0.4, 0.5) is 10.2 Å². The molecule has 1 aromatic carbocycles. The van der Waals surface area contributed by atoms with Crippen LogP contribution in [0.5, 0.6) is 0 Å². The van der Waals surface area contributed by atoms with E-state index < -0.39 is 0 Å². The van der Waals surface area contributed by atoms with Gasteiger partial charge in [0, 0.05) is 30.6 Å². The zero-order valence-electron chi connectivity index (χ0n) is 18.9. The minimum Gasteiger partial charge on any atom is -0.379 e. The molecule has 4 heterocycles. The smallest absolute Gasteiger partial charge is 0.237 e. The minimum atomic E-state index is -0.235. The minimum absolute atomic E-state index is 0.0335. The summed E-state index contributed by atoms with van der Waals surface area (Å²) < 4.78 is 19.3. The number of benzene rings is 1. The molecule has 3 aromatic rings. The molecule has 1 aliphatic carbocycles. The number of carbonyl (C=O) groups is 1. The number of carbonyl (C=O) groups excluding carboxylic acids is 1. The van der Waals surface area contributed by atoms with E-state index in [0.717, 1.165) is 66.2 Å². The number of amides is 1. The first-order chi connectivity index (χ1) is 16.7. The number of ether oxygens (including phenoxy) is 1. The molecule has 9 heteroatoms. The van der Waals surface area contributed by atoms with Crippen molar-refractivity contribution in [2.45, 2.75) is 18.9 Å². The van der Waals surface area contributed by atoms with Crippen LogP contribution in [0.15, 0.2) is 36.0 Å². The lowest BCUT2D eigenvalue weighted by Crippen LogP contribution is -2.41. The monoisotopic (exact) mass is 481 g/mol. The van der Waals surface area contributed by atoms with Crippen LogP contribution in [0.2, 0.25) is 0 Å². The lowest BCUT2D eigenvalue weighted by molar-refractivity contribution is -0.123. The van der Waals surface area contributed by atoms with Crippen LogP contribution in [0.3, 0.4) is 0 Å². The highest BCUT2D eigenvalue weighted by atomic mass is 32.1. The summed E-state index contributed by atoms with van der Waals surface area (Å²) in [5.74, 6) is 2.65. The molecule has 2 aliphatic heterocycles. The van der Waals surface area contributed by atoms with Crippen LogP contribution >= 0.6 is 11.3 Å². The van der Waals surface area contributed by atoms with Crippen molar-refractivity contribution in [1.29, 1.82) is 0 Å². The van der Waals surface area contributed by atoms with Gasteiger partial charge < -0.3 is 20.3 Å². The molecule has 2 saturated heterocycles. The molecule has 0 spiro atoms. The highest BCUT2D eigenvalue weighted by molar-refractivity contribution is 7.17. The second-order valence-electron chi connectivity index (χ2n) is 9.45. The fraction of sp³-hybridized carbons (Fsp3) is 0.480. The Kier molecular flexibility index (Phi) is 5.92. The van der Waals surface area contributed by atoms with E-state index in [1.54, 1.807) is 17.7 Å². The van der Waals surface area contributed by atoms with Crippen molar-refractivity contribution in [3.05, 3.63) is 41.8 Å². The Hall–Kier alpha value is -2.62. The summed E-state index contributed by atoms with van der Waals surface area (Å²) in [4.78, 5) is 24.5. The second kappa shape index (κ2) is 9.20. The summed E-state index contributed by atoms with van der Waals surface area (Å²) in [5.41, 5.74) is 2.04. The number of anilines is 1. The number of nitrogens with zero attached hydrogens (tertiary/aromatic N) is 3. The first kappa shape index (κ1) is 21.9. The fourth-order valence-electron chi connectivity index (χ4n) is 5.51. The molecule has 2 N–H and O–H groups in total.